The van der Waals surface area contributed by atoms with Gasteiger partial charge in [-0.2, -0.15) is 0 Å². The van der Waals surface area contributed by atoms with Crippen LogP contribution < -0.4 is 4.74 Å². The summed E-state index contributed by atoms with van der Waals surface area (Å²) in [5.41, 5.74) is 0. The summed E-state index contributed by atoms with van der Waals surface area (Å²) in [6.45, 7) is 1.30. The van der Waals surface area contributed by atoms with Gasteiger partial charge in [-0.15, -0.1) is 0 Å². The number of rotatable bonds is 1. The highest BCUT2D eigenvalue weighted by Gasteiger charge is 2.01. The molecule has 0 radical (unpaired) electrons. The topological polar surface area (TPSA) is 46.5 Å². The van der Waals surface area contributed by atoms with Gasteiger partial charge in [-0.1, -0.05) is 0 Å². The molecule has 0 spiro atoms. The highest BCUT2D eigenvalue weighted by atomic mass is 79.9. The number of hydrogen-bond donors (Lipinski definition) is 1. The van der Waals surface area contributed by atoms with Crippen molar-refractivity contribution < 1.29 is 14.6 Å². The Morgan fingerprint density at radius 3 is 2.75 bits per heavy atom. The molecule has 0 atom stereocenters. The Morgan fingerprint density at radius 2 is 2.25 bits per heavy atom. The number of benzene rings is 1. The summed E-state index contributed by atoms with van der Waals surface area (Å²) in [6, 6.07) is 4.56. The van der Waals surface area contributed by atoms with Crippen LogP contribution in [-0.2, 0) is 4.79 Å². The zero-order valence-electron chi connectivity index (χ0n) is 6.37. The van der Waals surface area contributed by atoms with Crippen molar-refractivity contribution >= 4 is 21.9 Å². The van der Waals surface area contributed by atoms with Crippen LogP contribution in [0.25, 0.3) is 0 Å². The molecule has 0 saturated carbocycles. The zero-order valence-corrected chi connectivity index (χ0v) is 7.96. The average Bonchev–Trinajstić information content (AvgIpc) is 1.96. The molecular weight excluding hydrogens is 224 g/mol. The summed E-state index contributed by atoms with van der Waals surface area (Å²) in [4.78, 5) is 10.5. The van der Waals surface area contributed by atoms with Crippen LogP contribution in [0.15, 0.2) is 22.7 Å². The molecule has 0 heterocycles. The van der Waals surface area contributed by atoms with Crippen LogP contribution in [0, 0.1) is 0 Å². The maximum atomic E-state index is 10.5. The van der Waals surface area contributed by atoms with Gasteiger partial charge in [0.1, 0.15) is 11.5 Å². The monoisotopic (exact) mass is 230 g/mol. The van der Waals surface area contributed by atoms with Gasteiger partial charge in [-0.3, -0.25) is 4.79 Å². The fraction of sp³-hybridized carbons (Fsp3) is 0.125. The summed E-state index contributed by atoms with van der Waals surface area (Å²) >= 11 is 3.11. The van der Waals surface area contributed by atoms with Gasteiger partial charge in [-0.05, 0) is 28.1 Å². The molecule has 1 aromatic rings. The van der Waals surface area contributed by atoms with Crippen molar-refractivity contribution in [2.45, 2.75) is 6.92 Å². The number of hydrogen-bond acceptors (Lipinski definition) is 3. The zero-order chi connectivity index (χ0) is 9.14. The maximum absolute atomic E-state index is 10.5. The largest absolute Gasteiger partial charge is 0.507 e. The van der Waals surface area contributed by atoms with Crippen LogP contribution in [0.2, 0.25) is 0 Å². The fourth-order valence-corrected chi connectivity index (χ4v) is 0.969. The molecule has 0 aliphatic heterocycles. The van der Waals surface area contributed by atoms with E-state index < -0.39 is 5.97 Å². The van der Waals surface area contributed by atoms with E-state index in [1.54, 1.807) is 12.1 Å². The number of phenolic OH excluding ortho intramolecular Hbond substituents is 1. The minimum Gasteiger partial charge on any atom is -0.507 e. The number of ether oxygens (including phenoxy) is 1. The smallest absolute Gasteiger partial charge is 0.308 e. The minimum atomic E-state index is -0.406. The first kappa shape index (κ1) is 9.06. The van der Waals surface area contributed by atoms with E-state index in [9.17, 15) is 9.90 Å². The molecule has 0 bridgehead atoms. The molecule has 12 heavy (non-hydrogen) atoms. The van der Waals surface area contributed by atoms with Crippen molar-refractivity contribution in [1.29, 1.82) is 0 Å². The van der Waals surface area contributed by atoms with Crippen LogP contribution in [0.1, 0.15) is 6.92 Å². The van der Waals surface area contributed by atoms with Crippen molar-refractivity contribution in [2.75, 3.05) is 0 Å². The second-order valence-electron chi connectivity index (χ2n) is 2.21. The van der Waals surface area contributed by atoms with Gasteiger partial charge in [0.25, 0.3) is 0 Å². The molecule has 3 nitrogen and oxygen atoms in total. The van der Waals surface area contributed by atoms with Gasteiger partial charge >= 0.3 is 5.97 Å². The second-order valence-corrected chi connectivity index (χ2v) is 3.06. The molecule has 64 valence electrons. The van der Waals surface area contributed by atoms with Crippen LogP contribution in [0.3, 0.4) is 0 Å². The number of aromatic hydroxyl groups is 1. The summed E-state index contributed by atoms with van der Waals surface area (Å²) in [5.74, 6) is -0.0197. The Morgan fingerprint density at radius 1 is 1.58 bits per heavy atom. The Hall–Kier alpha value is -1.03. The lowest BCUT2D eigenvalue weighted by Gasteiger charge is -2.01. The summed E-state index contributed by atoms with van der Waals surface area (Å²) in [5, 5.41) is 9.17. The minimum absolute atomic E-state index is 0.0498. The molecule has 0 unspecified atom stereocenters. The molecule has 0 aliphatic carbocycles. The molecule has 0 fully saturated rings. The SMILES string of the molecule is CC(=O)Oc1ccc(Br)c(O)c1. The first-order valence-corrected chi connectivity index (χ1v) is 4.06. The van der Waals surface area contributed by atoms with Crippen LogP contribution >= 0.6 is 15.9 Å². The van der Waals surface area contributed by atoms with E-state index in [2.05, 4.69) is 15.9 Å². The van der Waals surface area contributed by atoms with Crippen LogP contribution in [0.5, 0.6) is 11.5 Å². The molecule has 1 N–H and O–H groups in total. The highest BCUT2D eigenvalue weighted by molar-refractivity contribution is 9.10. The highest BCUT2D eigenvalue weighted by Crippen LogP contribution is 2.27. The Labute approximate surface area is 78.1 Å². The number of esters is 1. The first-order valence-electron chi connectivity index (χ1n) is 3.26. The lowest BCUT2D eigenvalue weighted by Crippen LogP contribution is -2.00. The summed E-state index contributed by atoms with van der Waals surface area (Å²) in [7, 11) is 0. The Kier molecular flexibility index (Phi) is 2.70. The van der Waals surface area contributed by atoms with Crippen molar-refractivity contribution in [1.82, 2.24) is 0 Å². The predicted octanol–water partition coefficient (Wildman–Crippen LogP) is 2.08. The number of phenols is 1. The molecule has 0 aliphatic rings. The summed E-state index contributed by atoms with van der Waals surface area (Å²) < 4.78 is 5.30. The van der Waals surface area contributed by atoms with Crippen molar-refractivity contribution in [3.63, 3.8) is 0 Å². The van der Waals surface area contributed by atoms with Gasteiger partial charge in [-0.25, -0.2) is 0 Å². The van der Waals surface area contributed by atoms with E-state index in [1.165, 1.54) is 13.0 Å². The molecule has 1 aromatic carbocycles. The first-order chi connectivity index (χ1) is 5.59. The normalized spacial score (nSPS) is 9.50. The third kappa shape index (κ3) is 2.23. The number of carbonyl (C=O) groups excluding carboxylic acids is 1. The molecular formula is C8H7BrO3. The van der Waals surface area contributed by atoms with Crippen molar-refractivity contribution in [3.8, 4) is 11.5 Å². The molecule has 0 aromatic heterocycles. The third-order valence-electron chi connectivity index (χ3n) is 1.18. The molecule has 0 amide bonds. The van der Waals surface area contributed by atoms with Crippen LogP contribution in [-0.4, -0.2) is 11.1 Å². The molecule has 1 rings (SSSR count). The maximum Gasteiger partial charge on any atom is 0.308 e. The average molecular weight is 231 g/mol. The van der Waals surface area contributed by atoms with Gasteiger partial charge in [0, 0.05) is 13.0 Å². The second kappa shape index (κ2) is 3.58. The number of halogens is 1. The van der Waals surface area contributed by atoms with Gasteiger partial charge in [0.15, 0.2) is 0 Å². The Balaban J connectivity index is 2.89. The standard InChI is InChI=1S/C8H7BrO3/c1-5(10)12-6-2-3-7(9)8(11)4-6/h2-4,11H,1H3. The van der Waals surface area contributed by atoms with E-state index in [-0.39, 0.29) is 5.75 Å². The quantitative estimate of drug-likeness (QED) is 0.594. The molecule has 0 saturated heterocycles. The van der Waals surface area contributed by atoms with Crippen molar-refractivity contribution in [2.24, 2.45) is 0 Å². The van der Waals surface area contributed by atoms with Gasteiger partial charge in [0.2, 0.25) is 0 Å². The Bertz CT molecular complexity index is 309. The fourth-order valence-electron chi connectivity index (χ4n) is 0.722. The van der Waals surface area contributed by atoms with Gasteiger partial charge in [0.05, 0.1) is 4.47 Å². The van der Waals surface area contributed by atoms with Crippen molar-refractivity contribution in [3.05, 3.63) is 22.7 Å². The van der Waals surface area contributed by atoms with Crippen LogP contribution in [0.4, 0.5) is 0 Å². The third-order valence-corrected chi connectivity index (χ3v) is 1.85. The summed E-state index contributed by atoms with van der Waals surface area (Å²) in [6.07, 6.45) is 0. The lowest BCUT2D eigenvalue weighted by molar-refractivity contribution is -0.131. The van der Waals surface area contributed by atoms with E-state index >= 15 is 0 Å². The molecule has 4 heteroatoms. The predicted molar refractivity (Wildman–Crippen MR) is 47.1 cm³/mol. The van der Waals surface area contributed by atoms with E-state index in [0.717, 1.165) is 0 Å². The van der Waals surface area contributed by atoms with E-state index in [4.69, 9.17) is 4.74 Å². The van der Waals surface area contributed by atoms with Gasteiger partial charge < -0.3 is 9.84 Å². The lowest BCUT2D eigenvalue weighted by atomic mass is 10.3. The number of carbonyl (C=O) groups is 1. The van der Waals surface area contributed by atoms with E-state index in [0.29, 0.717) is 10.2 Å². The van der Waals surface area contributed by atoms with E-state index in [1.807, 2.05) is 0 Å².